The average molecular weight is 981 g/mol. The Morgan fingerprint density at radius 3 is 0.636 bits per heavy atom. The Bertz CT molecular complexity index is 3810. The molecule has 0 aromatic heterocycles. The summed E-state index contributed by atoms with van der Waals surface area (Å²) in [6, 6.07) is 93.9. The van der Waals surface area contributed by atoms with Crippen LogP contribution in [0, 0.1) is 23.7 Å². The number of ketones is 2. The van der Waals surface area contributed by atoms with Crippen molar-refractivity contribution in [1.29, 1.82) is 0 Å². The van der Waals surface area contributed by atoms with Gasteiger partial charge in [-0.15, -0.1) is 0 Å². The molecular formula is C75H48O2. The summed E-state index contributed by atoms with van der Waals surface area (Å²) >= 11 is 0. The fraction of sp³-hybridized carbons (Fsp3) is 0.0133. The fourth-order valence-corrected chi connectivity index (χ4v) is 10.5. The molecule has 0 saturated heterocycles. The number of Topliss-reactive ketones (excluding diaryl/α,β-unsaturated/α-hetero) is 2. The molecule has 10 aromatic rings. The van der Waals surface area contributed by atoms with E-state index in [-0.39, 0.29) is 11.6 Å². The molecule has 77 heavy (non-hydrogen) atoms. The van der Waals surface area contributed by atoms with E-state index in [1.807, 2.05) is 206 Å². The third-order valence-electron chi connectivity index (χ3n) is 14.1. The van der Waals surface area contributed by atoms with Crippen LogP contribution in [0.1, 0.15) is 77.9 Å². The van der Waals surface area contributed by atoms with Crippen LogP contribution in [0.15, 0.2) is 279 Å². The van der Waals surface area contributed by atoms with Gasteiger partial charge in [0, 0.05) is 66.8 Å². The highest BCUT2D eigenvalue weighted by Gasteiger charge is 2.37. The van der Waals surface area contributed by atoms with Crippen LogP contribution >= 0.6 is 0 Å². The van der Waals surface area contributed by atoms with Gasteiger partial charge in [-0.3, -0.25) is 9.59 Å². The smallest absolute Gasteiger partial charge is 0.195 e. The predicted octanol–water partition coefficient (Wildman–Crippen LogP) is 16.3. The molecular weight excluding hydrogens is 933 g/mol. The van der Waals surface area contributed by atoms with Crippen molar-refractivity contribution in [2.45, 2.75) is 6.42 Å². The summed E-state index contributed by atoms with van der Waals surface area (Å²) in [5.74, 6) is 13.2. The standard InChI is InChI=1S/C75H48O2/c76-74-70(58-23-11-3-12-24-58)66(62-43-35-54(36-44-62)33-31-52-19-7-1-8-20-52)68(72(74)60-27-15-5-16-28-60)64-47-39-56(40-48-64)51-57-41-49-65(50-42-57)69-67(63-45-37-55(38-46-63)34-32-53-21-9-2-10-22-53)71(59-25-13-4-14-26-59)75(77)73(69)61-29-17-6-18-30-61/h1-30,35-50H,51H2. The highest BCUT2D eigenvalue weighted by molar-refractivity contribution is 6.60. The van der Waals surface area contributed by atoms with Crippen molar-refractivity contribution < 1.29 is 9.59 Å². The lowest BCUT2D eigenvalue weighted by molar-refractivity contribution is -0.109. The SMILES string of the molecule is O=C1C(c2ccccc2)=C(c2ccc(C#Cc3ccccc3)cc2)C(c2ccc(Cc3ccc(C4=C(c5ccccc5)C(=O)C(c5ccccc5)=C4c4ccc(C#Cc5ccccc5)cc4)cc3)cc2)=C1c1ccccc1. The first kappa shape index (κ1) is 47.6. The summed E-state index contributed by atoms with van der Waals surface area (Å²) in [5, 5.41) is 0. The summed E-state index contributed by atoms with van der Waals surface area (Å²) in [6.45, 7) is 0. The molecule has 0 fully saturated rings. The molecule has 0 unspecified atom stereocenters. The van der Waals surface area contributed by atoms with E-state index < -0.39 is 0 Å². The number of benzene rings is 10. The highest BCUT2D eigenvalue weighted by Crippen LogP contribution is 2.51. The average Bonchev–Trinajstić information content (AvgIpc) is 4.01. The Balaban J connectivity index is 0.900. The van der Waals surface area contributed by atoms with E-state index in [0.717, 1.165) is 100 Å². The quantitative estimate of drug-likeness (QED) is 0.128. The normalized spacial score (nSPS) is 13.1. The van der Waals surface area contributed by atoms with Gasteiger partial charge in [0.05, 0.1) is 0 Å². The molecule has 0 atom stereocenters. The van der Waals surface area contributed by atoms with Gasteiger partial charge in [-0.25, -0.2) is 0 Å². The first-order valence-electron chi connectivity index (χ1n) is 25.9. The molecule has 0 bridgehead atoms. The second kappa shape index (κ2) is 21.6. The molecule has 10 aromatic carbocycles. The number of allylic oxidation sites excluding steroid dienone is 8. The van der Waals surface area contributed by atoms with Crippen molar-refractivity contribution in [3.8, 4) is 23.7 Å². The van der Waals surface area contributed by atoms with Gasteiger partial charge >= 0.3 is 0 Å². The van der Waals surface area contributed by atoms with Crippen molar-refractivity contribution in [3.63, 3.8) is 0 Å². The number of hydrogen-bond acceptors (Lipinski definition) is 2. The number of carbonyl (C=O) groups is 2. The summed E-state index contributed by atoms with van der Waals surface area (Å²) in [6.07, 6.45) is 0.681. The van der Waals surface area contributed by atoms with Gasteiger partial charge in [-0.2, -0.15) is 0 Å². The molecule has 2 aliphatic carbocycles. The largest absolute Gasteiger partial charge is 0.289 e. The molecule has 0 N–H and O–H groups in total. The zero-order valence-corrected chi connectivity index (χ0v) is 42.1. The minimum atomic E-state index is -0.00179. The third-order valence-corrected chi connectivity index (χ3v) is 14.1. The zero-order valence-electron chi connectivity index (χ0n) is 42.1. The molecule has 2 nitrogen and oxygen atoms in total. The lowest BCUT2D eigenvalue weighted by Gasteiger charge is -2.15. The van der Waals surface area contributed by atoms with E-state index >= 15 is 9.59 Å². The van der Waals surface area contributed by atoms with Crippen LogP contribution in [-0.4, -0.2) is 11.6 Å². The highest BCUT2D eigenvalue weighted by atomic mass is 16.1. The molecule has 0 amide bonds. The van der Waals surface area contributed by atoms with Crippen LogP contribution < -0.4 is 0 Å². The van der Waals surface area contributed by atoms with E-state index in [4.69, 9.17) is 0 Å². The van der Waals surface area contributed by atoms with Crippen molar-refractivity contribution in [3.05, 3.63) is 357 Å². The van der Waals surface area contributed by atoms with Crippen LogP contribution in [0.3, 0.4) is 0 Å². The summed E-state index contributed by atoms with van der Waals surface area (Å²) < 4.78 is 0. The van der Waals surface area contributed by atoms with Crippen molar-refractivity contribution in [2.75, 3.05) is 0 Å². The number of rotatable bonds is 10. The molecule has 0 radical (unpaired) electrons. The molecule has 2 aliphatic rings. The van der Waals surface area contributed by atoms with Crippen LogP contribution in [-0.2, 0) is 16.0 Å². The maximum absolute atomic E-state index is 15.1. The molecule has 0 saturated carbocycles. The van der Waals surface area contributed by atoms with Gasteiger partial charge in [-0.05, 0) is 111 Å². The van der Waals surface area contributed by atoms with Gasteiger partial charge in [-0.1, -0.05) is 254 Å². The Kier molecular flexibility index (Phi) is 13.4. The Labute approximate surface area is 450 Å². The lowest BCUT2D eigenvalue weighted by atomic mass is 9.87. The van der Waals surface area contributed by atoms with Gasteiger partial charge in [0.25, 0.3) is 0 Å². The fourth-order valence-electron chi connectivity index (χ4n) is 10.5. The summed E-state index contributed by atoms with van der Waals surface area (Å²) in [4.78, 5) is 30.1. The number of hydrogen-bond donors (Lipinski definition) is 0. The van der Waals surface area contributed by atoms with Crippen molar-refractivity contribution >= 4 is 56.2 Å². The summed E-state index contributed by atoms with van der Waals surface area (Å²) in [7, 11) is 0. The first-order chi connectivity index (χ1) is 38.0. The van der Waals surface area contributed by atoms with Gasteiger partial charge in [0.2, 0.25) is 0 Å². The molecule has 0 spiro atoms. The minimum absolute atomic E-state index is 0.00179. The monoisotopic (exact) mass is 980 g/mol. The van der Waals surface area contributed by atoms with E-state index in [1.54, 1.807) is 0 Å². The van der Waals surface area contributed by atoms with Crippen LogP contribution in [0.4, 0.5) is 0 Å². The van der Waals surface area contributed by atoms with Gasteiger partial charge in [0.1, 0.15) is 0 Å². The second-order valence-corrected chi connectivity index (χ2v) is 19.1. The predicted molar refractivity (Wildman–Crippen MR) is 316 cm³/mol. The number of carbonyl (C=O) groups excluding carboxylic acids is 2. The molecule has 360 valence electrons. The molecule has 2 heteroatoms. The maximum atomic E-state index is 15.1. The van der Waals surface area contributed by atoms with Gasteiger partial charge < -0.3 is 0 Å². The van der Waals surface area contributed by atoms with Crippen LogP contribution in [0.5, 0.6) is 0 Å². The van der Waals surface area contributed by atoms with E-state index in [2.05, 4.69) is 96.5 Å². The Morgan fingerprint density at radius 1 is 0.195 bits per heavy atom. The van der Waals surface area contributed by atoms with Gasteiger partial charge in [0.15, 0.2) is 11.6 Å². The zero-order chi connectivity index (χ0) is 51.9. The van der Waals surface area contributed by atoms with E-state index in [0.29, 0.717) is 28.7 Å². The molecule has 12 rings (SSSR count). The second-order valence-electron chi connectivity index (χ2n) is 19.1. The topological polar surface area (TPSA) is 34.1 Å². The molecule has 0 aliphatic heterocycles. The van der Waals surface area contributed by atoms with E-state index in [1.165, 1.54) is 0 Å². The Morgan fingerprint density at radius 2 is 0.390 bits per heavy atom. The summed E-state index contributed by atoms with van der Waals surface area (Å²) in [5.41, 5.74) is 19.6. The minimum Gasteiger partial charge on any atom is -0.289 e. The molecule has 0 heterocycles. The Hall–Kier alpha value is -10.4. The van der Waals surface area contributed by atoms with Crippen LogP contribution in [0.2, 0.25) is 0 Å². The third kappa shape index (κ3) is 9.92. The lowest BCUT2D eigenvalue weighted by Crippen LogP contribution is -2.01. The maximum Gasteiger partial charge on any atom is 0.195 e. The first-order valence-corrected chi connectivity index (χ1v) is 25.9. The van der Waals surface area contributed by atoms with Crippen LogP contribution in [0.25, 0.3) is 44.6 Å². The van der Waals surface area contributed by atoms with E-state index in [9.17, 15) is 0 Å². The van der Waals surface area contributed by atoms with Crippen molar-refractivity contribution in [2.24, 2.45) is 0 Å². The van der Waals surface area contributed by atoms with Crippen molar-refractivity contribution in [1.82, 2.24) is 0 Å².